The van der Waals surface area contributed by atoms with Crippen molar-refractivity contribution in [1.82, 2.24) is 9.97 Å². The van der Waals surface area contributed by atoms with Crippen LogP contribution in [0.15, 0.2) is 12.4 Å². The summed E-state index contributed by atoms with van der Waals surface area (Å²) in [6.45, 7) is 0.800. The zero-order valence-electron chi connectivity index (χ0n) is 7.53. The fourth-order valence-electron chi connectivity index (χ4n) is 0.770. The number of nitrogens with one attached hydrogen (secondary N) is 1. The van der Waals surface area contributed by atoms with Crippen molar-refractivity contribution in [2.24, 2.45) is 0 Å². The second kappa shape index (κ2) is 6.52. The third-order valence-electron chi connectivity index (χ3n) is 1.34. The van der Waals surface area contributed by atoms with E-state index in [2.05, 4.69) is 21.2 Å². The first-order valence-corrected chi connectivity index (χ1v) is 5.59. The van der Waals surface area contributed by atoms with Crippen molar-refractivity contribution in [3.63, 3.8) is 0 Å². The van der Waals surface area contributed by atoms with Gasteiger partial charge in [0.15, 0.2) is 0 Å². The zero-order chi connectivity index (χ0) is 10.2. The lowest BCUT2D eigenvalue weighted by Gasteiger charge is -2.02. The van der Waals surface area contributed by atoms with E-state index in [1.165, 1.54) is 0 Å². The number of rotatable bonds is 5. The average molecular weight is 228 g/mol. The predicted molar refractivity (Wildman–Crippen MR) is 61.7 cm³/mol. The fourth-order valence-corrected chi connectivity index (χ4v) is 1.38. The molecule has 0 aliphatic heterocycles. The van der Waals surface area contributed by atoms with Crippen molar-refractivity contribution < 1.29 is 0 Å². The molecule has 0 radical (unpaired) electrons. The molecule has 1 aromatic rings. The molecule has 0 bridgehead atoms. The maximum absolute atomic E-state index is 5.64. The minimum Gasteiger partial charge on any atom is -0.353 e. The number of hydrogen-bond donors (Lipinski definition) is 1. The molecule has 74 valence electrons. The minimum absolute atomic E-state index is 0.539. The molecular formula is C9H10ClN3S. The number of nitrogens with zero attached hydrogens (tertiary/aromatic N) is 2. The zero-order valence-corrected chi connectivity index (χ0v) is 9.11. The van der Waals surface area contributed by atoms with E-state index in [9.17, 15) is 0 Å². The molecule has 1 rings (SSSR count). The van der Waals surface area contributed by atoms with Gasteiger partial charge in [-0.25, -0.2) is 9.97 Å². The molecule has 1 N–H and O–H groups in total. The Morgan fingerprint density at radius 3 is 2.86 bits per heavy atom. The Kier molecular flexibility index (Phi) is 5.20. The van der Waals surface area contributed by atoms with Gasteiger partial charge in [-0.1, -0.05) is 17.5 Å². The molecule has 0 saturated heterocycles. The van der Waals surface area contributed by atoms with Crippen LogP contribution in [0.25, 0.3) is 0 Å². The number of thioether (sulfide) groups is 1. The third kappa shape index (κ3) is 4.35. The van der Waals surface area contributed by atoms with Gasteiger partial charge in [0.25, 0.3) is 0 Å². The molecule has 3 nitrogen and oxygen atoms in total. The molecule has 14 heavy (non-hydrogen) atoms. The molecule has 1 heterocycles. The van der Waals surface area contributed by atoms with Gasteiger partial charge in [0, 0.05) is 12.3 Å². The largest absolute Gasteiger partial charge is 0.353 e. The molecule has 0 atom stereocenters. The van der Waals surface area contributed by atoms with Gasteiger partial charge >= 0.3 is 0 Å². The Morgan fingerprint density at radius 1 is 1.50 bits per heavy atom. The second-order valence-electron chi connectivity index (χ2n) is 2.41. The summed E-state index contributed by atoms with van der Waals surface area (Å²) in [6, 6.07) is 0. The number of aromatic nitrogens is 2. The van der Waals surface area contributed by atoms with Crippen LogP contribution in [0, 0.1) is 12.3 Å². The summed E-state index contributed by atoms with van der Waals surface area (Å²) < 4.78 is 0. The van der Waals surface area contributed by atoms with Crippen molar-refractivity contribution in [2.75, 3.05) is 23.4 Å². The van der Waals surface area contributed by atoms with E-state index in [4.69, 9.17) is 18.0 Å². The normalized spacial score (nSPS) is 9.43. The van der Waals surface area contributed by atoms with Crippen LogP contribution < -0.4 is 5.32 Å². The van der Waals surface area contributed by atoms with E-state index < -0.39 is 0 Å². The van der Waals surface area contributed by atoms with Crippen molar-refractivity contribution >= 4 is 29.3 Å². The molecule has 5 heteroatoms. The van der Waals surface area contributed by atoms with Gasteiger partial charge in [0.2, 0.25) is 5.95 Å². The first kappa shape index (κ1) is 11.2. The van der Waals surface area contributed by atoms with Crippen LogP contribution in [-0.2, 0) is 0 Å². The lowest BCUT2D eigenvalue weighted by Crippen LogP contribution is -2.07. The molecular weight excluding hydrogens is 218 g/mol. The third-order valence-corrected chi connectivity index (χ3v) is 2.39. The van der Waals surface area contributed by atoms with Crippen LogP contribution >= 0.6 is 23.4 Å². The maximum Gasteiger partial charge on any atom is 0.222 e. The van der Waals surface area contributed by atoms with Gasteiger partial charge in [-0.3, -0.25) is 0 Å². The lowest BCUT2D eigenvalue weighted by atomic mass is 10.6. The Labute approximate surface area is 92.7 Å². The monoisotopic (exact) mass is 227 g/mol. The van der Waals surface area contributed by atoms with Gasteiger partial charge in [-0.05, 0) is 0 Å². The quantitative estimate of drug-likeness (QED) is 0.616. The van der Waals surface area contributed by atoms with E-state index in [0.717, 1.165) is 18.1 Å². The molecule has 1 aromatic heterocycles. The molecule has 0 unspecified atom stereocenters. The van der Waals surface area contributed by atoms with Gasteiger partial charge < -0.3 is 5.32 Å². The van der Waals surface area contributed by atoms with Crippen LogP contribution in [-0.4, -0.2) is 28.0 Å². The summed E-state index contributed by atoms with van der Waals surface area (Å²) >= 11 is 7.33. The highest BCUT2D eigenvalue weighted by atomic mass is 35.5. The van der Waals surface area contributed by atoms with E-state index in [1.807, 2.05) is 0 Å². The summed E-state index contributed by atoms with van der Waals surface area (Å²) in [5, 5.41) is 3.60. The SMILES string of the molecule is C#CCSCCNc1ncc(Cl)cn1. The van der Waals surface area contributed by atoms with Crippen LogP contribution in [0.5, 0.6) is 0 Å². The predicted octanol–water partition coefficient (Wildman–Crippen LogP) is 1.91. The van der Waals surface area contributed by atoms with Crippen LogP contribution in [0.3, 0.4) is 0 Å². The van der Waals surface area contributed by atoms with Gasteiger partial charge in [-0.2, -0.15) is 0 Å². The Balaban J connectivity index is 2.19. The number of anilines is 1. The van der Waals surface area contributed by atoms with Gasteiger partial charge in [-0.15, -0.1) is 18.2 Å². The summed E-state index contributed by atoms with van der Waals surface area (Å²) in [4.78, 5) is 7.98. The van der Waals surface area contributed by atoms with E-state index >= 15 is 0 Å². The second-order valence-corrected chi connectivity index (χ2v) is 3.95. The molecule has 0 fully saturated rings. The number of hydrogen-bond acceptors (Lipinski definition) is 4. The number of terminal acetylenes is 1. The topological polar surface area (TPSA) is 37.8 Å². The van der Waals surface area contributed by atoms with E-state index in [-0.39, 0.29) is 0 Å². The van der Waals surface area contributed by atoms with Gasteiger partial charge in [0.05, 0.1) is 23.2 Å². The minimum atomic E-state index is 0.539. The Bertz CT molecular complexity index is 307. The molecule has 0 aliphatic rings. The molecule has 0 saturated carbocycles. The highest BCUT2D eigenvalue weighted by Crippen LogP contribution is 2.05. The van der Waals surface area contributed by atoms with Crippen LogP contribution in [0.2, 0.25) is 5.02 Å². The molecule has 0 aliphatic carbocycles. The Hall–Kier alpha value is -0.920. The highest BCUT2D eigenvalue weighted by molar-refractivity contribution is 7.99. The maximum atomic E-state index is 5.64. The van der Waals surface area contributed by atoms with E-state index in [0.29, 0.717) is 11.0 Å². The van der Waals surface area contributed by atoms with Crippen LogP contribution in [0.4, 0.5) is 5.95 Å². The fraction of sp³-hybridized carbons (Fsp3) is 0.333. The van der Waals surface area contributed by atoms with E-state index in [1.54, 1.807) is 24.2 Å². The first-order chi connectivity index (χ1) is 6.83. The standard InChI is InChI=1S/C9H10ClN3S/c1-2-4-14-5-3-11-9-12-6-8(10)7-13-9/h1,6-7H,3-5H2,(H,11,12,13). The summed E-state index contributed by atoms with van der Waals surface area (Å²) in [5.41, 5.74) is 0. The highest BCUT2D eigenvalue weighted by Gasteiger charge is 1.94. The lowest BCUT2D eigenvalue weighted by molar-refractivity contribution is 1.09. The number of halogens is 1. The van der Waals surface area contributed by atoms with Crippen LogP contribution in [0.1, 0.15) is 0 Å². The first-order valence-electron chi connectivity index (χ1n) is 4.05. The summed E-state index contributed by atoms with van der Waals surface area (Å²) in [7, 11) is 0. The van der Waals surface area contributed by atoms with Crippen molar-refractivity contribution in [2.45, 2.75) is 0 Å². The van der Waals surface area contributed by atoms with Crippen molar-refractivity contribution in [1.29, 1.82) is 0 Å². The molecule has 0 aromatic carbocycles. The molecule has 0 amide bonds. The average Bonchev–Trinajstić information content (AvgIpc) is 2.21. The molecule has 0 spiro atoms. The van der Waals surface area contributed by atoms with Crippen molar-refractivity contribution in [3.8, 4) is 12.3 Å². The summed E-state index contributed by atoms with van der Waals surface area (Å²) in [5.74, 6) is 4.83. The Morgan fingerprint density at radius 2 is 2.21 bits per heavy atom. The summed E-state index contributed by atoms with van der Waals surface area (Å²) in [6.07, 6.45) is 8.23. The van der Waals surface area contributed by atoms with Gasteiger partial charge in [0.1, 0.15) is 0 Å². The smallest absolute Gasteiger partial charge is 0.222 e. The van der Waals surface area contributed by atoms with Crippen molar-refractivity contribution in [3.05, 3.63) is 17.4 Å².